The molecule has 1 aliphatic heterocycles. The van der Waals surface area contributed by atoms with E-state index in [1.165, 1.54) is 0 Å². The smallest absolute Gasteiger partial charge is 0.324 e. The molecule has 1 aliphatic rings. The van der Waals surface area contributed by atoms with Crippen LogP contribution in [0, 0.1) is 5.92 Å². The predicted molar refractivity (Wildman–Crippen MR) is 76.4 cm³/mol. The lowest BCUT2D eigenvalue weighted by atomic mass is 9.92. The zero-order valence-electron chi connectivity index (χ0n) is 12.8. The van der Waals surface area contributed by atoms with Gasteiger partial charge in [-0.05, 0) is 25.7 Å². The average molecular weight is 269 g/mol. The Morgan fingerprint density at radius 2 is 1.79 bits per heavy atom. The van der Waals surface area contributed by atoms with Crippen molar-refractivity contribution in [2.45, 2.75) is 59.5 Å². The first-order valence-corrected chi connectivity index (χ1v) is 7.34. The number of aromatic nitrogens is 2. The summed E-state index contributed by atoms with van der Waals surface area (Å²) in [6.07, 6.45) is 1.75. The van der Waals surface area contributed by atoms with Gasteiger partial charge in [-0.1, -0.05) is 32.9 Å². The molecule has 1 saturated heterocycles. The van der Waals surface area contributed by atoms with Gasteiger partial charge >= 0.3 is 6.01 Å². The van der Waals surface area contributed by atoms with Gasteiger partial charge in [-0.25, -0.2) is 0 Å². The molecule has 0 bridgehead atoms. The van der Waals surface area contributed by atoms with Gasteiger partial charge in [-0.2, -0.15) is 4.98 Å². The van der Waals surface area contributed by atoms with Crippen LogP contribution in [-0.2, 0) is 0 Å². The minimum atomic E-state index is -0.217. The number of aliphatic hydroxyl groups excluding tert-OH is 1. The molecule has 0 spiro atoms. The second-order valence-corrected chi connectivity index (χ2v) is 5.15. The zero-order valence-corrected chi connectivity index (χ0v) is 12.8. The summed E-state index contributed by atoms with van der Waals surface area (Å²) in [6.45, 7) is 11.7. The molecule has 5 nitrogen and oxygen atoms in total. The van der Waals surface area contributed by atoms with E-state index < -0.39 is 0 Å². The van der Waals surface area contributed by atoms with Gasteiger partial charge in [-0.15, -0.1) is 0 Å². The molecule has 0 saturated carbocycles. The van der Waals surface area contributed by atoms with Gasteiger partial charge in [0.15, 0.2) is 5.82 Å². The van der Waals surface area contributed by atoms with Gasteiger partial charge in [0.05, 0.1) is 6.10 Å². The minimum absolute atomic E-state index is 0.217. The summed E-state index contributed by atoms with van der Waals surface area (Å²) < 4.78 is 5.26. The van der Waals surface area contributed by atoms with Crippen LogP contribution in [0.5, 0.6) is 0 Å². The molecule has 1 atom stereocenters. The fourth-order valence-corrected chi connectivity index (χ4v) is 2.16. The van der Waals surface area contributed by atoms with Crippen molar-refractivity contribution in [2.75, 3.05) is 18.0 Å². The Hall–Kier alpha value is -1.10. The van der Waals surface area contributed by atoms with Crippen LogP contribution in [0.25, 0.3) is 0 Å². The largest absolute Gasteiger partial charge is 0.393 e. The Morgan fingerprint density at radius 1 is 1.21 bits per heavy atom. The molecule has 1 aromatic heterocycles. The number of hydrogen-bond donors (Lipinski definition) is 1. The summed E-state index contributed by atoms with van der Waals surface area (Å²) in [7, 11) is 0. The van der Waals surface area contributed by atoms with E-state index in [2.05, 4.69) is 15.0 Å². The molecule has 5 heteroatoms. The molecule has 110 valence electrons. The SMILES string of the molecule is CC.CC(C)c1noc(N2CCC(C(C)O)CC2)n1. The highest BCUT2D eigenvalue weighted by molar-refractivity contribution is 5.26. The summed E-state index contributed by atoms with van der Waals surface area (Å²) in [5.41, 5.74) is 0. The lowest BCUT2D eigenvalue weighted by molar-refractivity contribution is 0.109. The molecule has 0 radical (unpaired) electrons. The van der Waals surface area contributed by atoms with Gasteiger partial charge in [0.25, 0.3) is 0 Å². The summed E-state index contributed by atoms with van der Waals surface area (Å²) in [5, 5.41) is 13.5. The van der Waals surface area contributed by atoms with E-state index in [-0.39, 0.29) is 6.10 Å². The third-order valence-electron chi connectivity index (χ3n) is 3.44. The molecule has 1 aromatic rings. The van der Waals surface area contributed by atoms with Gasteiger partial charge in [0, 0.05) is 19.0 Å². The number of anilines is 1. The number of hydrogen-bond acceptors (Lipinski definition) is 5. The first-order chi connectivity index (χ1) is 9.08. The highest BCUT2D eigenvalue weighted by atomic mass is 16.5. The van der Waals surface area contributed by atoms with Gasteiger partial charge < -0.3 is 14.5 Å². The minimum Gasteiger partial charge on any atom is -0.393 e. The summed E-state index contributed by atoms with van der Waals surface area (Å²) >= 11 is 0. The maximum absolute atomic E-state index is 9.54. The number of rotatable bonds is 3. The van der Waals surface area contributed by atoms with Gasteiger partial charge in [0.1, 0.15) is 0 Å². The number of piperidine rings is 1. The van der Waals surface area contributed by atoms with Crippen molar-refractivity contribution in [3.05, 3.63) is 5.82 Å². The fourth-order valence-electron chi connectivity index (χ4n) is 2.16. The highest BCUT2D eigenvalue weighted by Gasteiger charge is 2.25. The Kier molecular flexibility index (Phi) is 6.28. The summed E-state index contributed by atoms with van der Waals surface area (Å²) in [4.78, 5) is 6.50. The van der Waals surface area contributed by atoms with E-state index in [1.807, 2.05) is 34.6 Å². The standard InChI is InChI=1S/C12H21N3O2.C2H6/c1-8(2)11-13-12(17-14-11)15-6-4-10(5-7-15)9(3)16;1-2/h8-10,16H,4-7H2,1-3H3;1-2H3. The Labute approximate surface area is 116 Å². The summed E-state index contributed by atoms with van der Waals surface area (Å²) in [5.74, 6) is 1.46. The van der Waals surface area contributed by atoms with Crippen molar-refractivity contribution in [1.82, 2.24) is 10.1 Å². The molecule has 1 unspecified atom stereocenters. The molecule has 2 heterocycles. The van der Waals surface area contributed by atoms with Crippen LogP contribution in [0.1, 0.15) is 59.2 Å². The first kappa shape index (κ1) is 16.0. The Morgan fingerprint density at radius 3 is 2.21 bits per heavy atom. The maximum atomic E-state index is 9.54. The molecule has 2 rings (SSSR count). The topological polar surface area (TPSA) is 62.4 Å². The Bertz CT molecular complexity index is 355. The van der Waals surface area contributed by atoms with E-state index >= 15 is 0 Å². The molecular formula is C14H27N3O2. The molecular weight excluding hydrogens is 242 g/mol. The van der Waals surface area contributed by atoms with Crippen LogP contribution in [0.15, 0.2) is 4.52 Å². The third-order valence-corrected chi connectivity index (χ3v) is 3.44. The molecule has 1 N–H and O–H groups in total. The normalized spacial score (nSPS) is 18.2. The van der Waals surface area contributed by atoms with E-state index in [0.29, 0.717) is 17.9 Å². The molecule has 0 aliphatic carbocycles. The van der Waals surface area contributed by atoms with Crippen LogP contribution in [-0.4, -0.2) is 34.4 Å². The lowest BCUT2D eigenvalue weighted by Gasteiger charge is -2.31. The molecule has 19 heavy (non-hydrogen) atoms. The van der Waals surface area contributed by atoms with Crippen LogP contribution in [0.4, 0.5) is 6.01 Å². The molecule has 1 fully saturated rings. The first-order valence-electron chi connectivity index (χ1n) is 7.34. The van der Waals surface area contributed by atoms with E-state index in [0.717, 1.165) is 31.8 Å². The zero-order chi connectivity index (χ0) is 14.4. The number of aliphatic hydroxyl groups is 1. The van der Waals surface area contributed by atoms with Crippen LogP contribution in [0.2, 0.25) is 0 Å². The van der Waals surface area contributed by atoms with Crippen molar-refractivity contribution >= 4 is 6.01 Å². The predicted octanol–water partition coefficient (Wildman–Crippen LogP) is 2.82. The van der Waals surface area contributed by atoms with Crippen molar-refractivity contribution in [3.63, 3.8) is 0 Å². The monoisotopic (exact) mass is 269 g/mol. The van der Waals surface area contributed by atoms with Crippen LogP contribution < -0.4 is 4.90 Å². The molecule has 0 amide bonds. The van der Waals surface area contributed by atoms with E-state index in [9.17, 15) is 5.11 Å². The number of nitrogens with zero attached hydrogens (tertiary/aromatic N) is 3. The van der Waals surface area contributed by atoms with Crippen LogP contribution >= 0.6 is 0 Å². The lowest BCUT2D eigenvalue weighted by Crippen LogP contribution is -2.37. The van der Waals surface area contributed by atoms with E-state index in [4.69, 9.17) is 4.52 Å². The Balaban J connectivity index is 0.000000861. The highest BCUT2D eigenvalue weighted by Crippen LogP contribution is 2.25. The van der Waals surface area contributed by atoms with E-state index in [1.54, 1.807) is 0 Å². The second-order valence-electron chi connectivity index (χ2n) is 5.15. The van der Waals surface area contributed by atoms with Crippen molar-refractivity contribution in [2.24, 2.45) is 5.92 Å². The second kappa shape index (κ2) is 7.48. The summed E-state index contributed by atoms with van der Waals surface area (Å²) in [6, 6.07) is 0.623. The van der Waals surface area contributed by atoms with Gasteiger partial charge in [-0.3, -0.25) is 0 Å². The molecule has 0 aromatic carbocycles. The quantitative estimate of drug-likeness (QED) is 0.914. The van der Waals surface area contributed by atoms with Crippen molar-refractivity contribution in [1.29, 1.82) is 0 Å². The third kappa shape index (κ3) is 4.20. The average Bonchev–Trinajstić information content (AvgIpc) is 2.91. The van der Waals surface area contributed by atoms with Crippen LogP contribution in [0.3, 0.4) is 0 Å². The fraction of sp³-hybridized carbons (Fsp3) is 0.857. The van der Waals surface area contributed by atoms with Crippen molar-refractivity contribution < 1.29 is 9.63 Å². The van der Waals surface area contributed by atoms with Crippen molar-refractivity contribution in [3.8, 4) is 0 Å². The maximum Gasteiger partial charge on any atom is 0.324 e. The van der Waals surface area contributed by atoms with Gasteiger partial charge in [0.2, 0.25) is 0 Å².